The minimum atomic E-state index is -0.791. The summed E-state index contributed by atoms with van der Waals surface area (Å²) in [5.74, 6) is 0.968. The van der Waals surface area contributed by atoms with Gasteiger partial charge in [-0.15, -0.1) is 0 Å². The van der Waals surface area contributed by atoms with Crippen LogP contribution in [0.25, 0.3) is 0 Å². The molecule has 0 bridgehead atoms. The molecule has 0 spiro atoms. The summed E-state index contributed by atoms with van der Waals surface area (Å²) in [4.78, 5) is 36.9. The highest BCUT2D eigenvalue weighted by atomic mass is 16.4. The molecule has 0 heterocycles. The molecule has 176 valence electrons. The van der Waals surface area contributed by atoms with Crippen LogP contribution in [0.2, 0.25) is 0 Å². The van der Waals surface area contributed by atoms with Gasteiger partial charge < -0.3 is 10.4 Å². The fourth-order valence-corrected chi connectivity index (χ4v) is 7.92. The number of Topliss-reactive ketones (excluding diaryl/α,β-unsaturated/α-hetero) is 1. The highest BCUT2D eigenvalue weighted by molar-refractivity contribution is 5.89. The predicted octanol–water partition coefficient (Wildman–Crippen LogP) is 4.92. The molecule has 0 aromatic heterocycles. The molecule has 2 fully saturated rings. The fourth-order valence-electron chi connectivity index (χ4n) is 7.92. The number of amides is 1. The third kappa shape index (κ3) is 3.56. The van der Waals surface area contributed by atoms with E-state index in [2.05, 4.69) is 25.2 Å². The van der Waals surface area contributed by atoms with Crippen LogP contribution >= 0.6 is 0 Å². The van der Waals surface area contributed by atoms with Gasteiger partial charge in [0.2, 0.25) is 5.91 Å². The van der Waals surface area contributed by atoms with E-state index in [9.17, 15) is 19.5 Å². The molecule has 32 heavy (non-hydrogen) atoms. The Bertz CT molecular complexity index is 886. The number of fused-ring (bicyclic) bond motifs is 5. The third-order valence-corrected chi connectivity index (χ3v) is 9.76. The first-order chi connectivity index (χ1) is 15.0. The van der Waals surface area contributed by atoms with E-state index in [0.717, 1.165) is 38.5 Å². The van der Waals surface area contributed by atoms with E-state index in [1.165, 1.54) is 5.57 Å². The van der Waals surface area contributed by atoms with E-state index in [1.807, 2.05) is 19.9 Å². The number of carbonyl (C=O) groups excluding carboxylic acids is 2. The number of allylic oxidation sites excluding steroid dienone is 3. The predicted molar refractivity (Wildman–Crippen MR) is 124 cm³/mol. The van der Waals surface area contributed by atoms with Crippen LogP contribution in [0.3, 0.4) is 0 Å². The minimum absolute atomic E-state index is 0.0258. The summed E-state index contributed by atoms with van der Waals surface area (Å²) in [5.41, 5.74) is 1.78. The molecule has 2 N–H and O–H groups in total. The number of carboxylic acids is 1. The zero-order chi connectivity index (χ0) is 23.4. The third-order valence-electron chi connectivity index (χ3n) is 9.76. The van der Waals surface area contributed by atoms with Crippen LogP contribution in [0.4, 0.5) is 0 Å². The van der Waals surface area contributed by atoms with E-state index in [-0.39, 0.29) is 34.4 Å². The summed E-state index contributed by atoms with van der Waals surface area (Å²) in [5, 5.41) is 12.6. The van der Waals surface area contributed by atoms with Crippen LogP contribution in [0.5, 0.6) is 0 Å². The Balaban J connectivity index is 1.56. The zero-order valence-corrected chi connectivity index (χ0v) is 20.2. The molecule has 0 aromatic carbocycles. The molecule has 2 saturated carbocycles. The summed E-state index contributed by atoms with van der Waals surface area (Å²) in [7, 11) is 0. The lowest BCUT2D eigenvalue weighted by Gasteiger charge is -2.57. The minimum Gasteiger partial charge on any atom is -0.478 e. The first kappa shape index (κ1) is 23.3. The molecular formula is C27H39NO4. The number of hydrogen-bond acceptors (Lipinski definition) is 3. The normalized spacial score (nSPS) is 39.2. The molecule has 0 aromatic rings. The van der Waals surface area contributed by atoms with Crippen molar-refractivity contribution in [2.24, 2.45) is 40.4 Å². The lowest BCUT2D eigenvalue weighted by molar-refractivity contribution is -0.135. The molecule has 4 aliphatic rings. The van der Waals surface area contributed by atoms with Crippen LogP contribution in [-0.2, 0) is 14.4 Å². The van der Waals surface area contributed by atoms with Crippen molar-refractivity contribution in [3.05, 3.63) is 23.3 Å². The maximum Gasteiger partial charge on any atom is 0.331 e. The molecule has 0 saturated heterocycles. The zero-order valence-electron chi connectivity index (χ0n) is 20.2. The highest BCUT2D eigenvalue weighted by Crippen LogP contribution is 2.66. The molecule has 1 unspecified atom stereocenters. The molecule has 0 radical (unpaired) electrons. The molecule has 7 atom stereocenters. The van der Waals surface area contributed by atoms with E-state index < -0.39 is 12.0 Å². The van der Waals surface area contributed by atoms with E-state index in [4.69, 9.17) is 0 Å². The average molecular weight is 442 g/mol. The lowest BCUT2D eigenvalue weighted by Crippen LogP contribution is -2.53. The smallest absolute Gasteiger partial charge is 0.331 e. The molecular weight excluding hydrogens is 402 g/mol. The number of nitrogens with one attached hydrogen (secondary N) is 1. The first-order valence-electron chi connectivity index (χ1n) is 12.4. The Morgan fingerprint density at radius 3 is 2.44 bits per heavy atom. The summed E-state index contributed by atoms with van der Waals surface area (Å²) >= 11 is 0. The van der Waals surface area contributed by atoms with Crippen molar-refractivity contribution < 1.29 is 19.5 Å². The van der Waals surface area contributed by atoms with Crippen LogP contribution in [-0.4, -0.2) is 28.8 Å². The number of rotatable bonds is 5. The van der Waals surface area contributed by atoms with Crippen LogP contribution < -0.4 is 5.32 Å². The van der Waals surface area contributed by atoms with Gasteiger partial charge in [-0.3, -0.25) is 9.59 Å². The summed E-state index contributed by atoms with van der Waals surface area (Å²) in [6.07, 6.45) is 10.8. The summed E-state index contributed by atoms with van der Waals surface area (Å²) < 4.78 is 0. The van der Waals surface area contributed by atoms with Crippen molar-refractivity contribution in [2.45, 2.75) is 85.6 Å². The van der Waals surface area contributed by atoms with Gasteiger partial charge in [0.1, 0.15) is 0 Å². The topological polar surface area (TPSA) is 83.5 Å². The van der Waals surface area contributed by atoms with Gasteiger partial charge in [0, 0.05) is 11.5 Å². The number of aliphatic carboxylic acids is 1. The van der Waals surface area contributed by atoms with Crippen LogP contribution in [0.1, 0.15) is 79.6 Å². The summed E-state index contributed by atoms with van der Waals surface area (Å²) in [6, 6.07) is -0.405. The Morgan fingerprint density at radius 1 is 1.09 bits per heavy atom. The highest BCUT2D eigenvalue weighted by Gasteiger charge is 2.59. The van der Waals surface area contributed by atoms with Gasteiger partial charge in [-0.25, -0.2) is 4.79 Å². The van der Waals surface area contributed by atoms with Crippen molar-refractivity contribution in [2.75, 3.05) is 0 Å². The van der Waals surface area contributed by atoms with Gasteiger partial charge in [0.05, 0.1) is 6.04 Å². The Hall–Kier alpha value is -1.91. The Morgan fingerprint density at radius 2 is 1.81 bits per heavy atom. The molecule has 5 nitrogen and oxygen atoms in total. The van der Waals surface area contributed by atoms with Crippen molar-refractivity contribution in [3.63, 3.8) is 0 Å². The van der Waals surface area contributed by atoms with Gasteiger partial charge in [-0.05, 0) is 98.0 Å². The monoisotopic (exact) mass is 441 g/mol. The number of carbonyl (C=O) groups is 3. The standard InChI is InChI=1S/C27H39NO4/c1-15(2)23(16(3)29)28-24(30)22-9-8-20-19-7-6-18-14-17(25(31)32)10-12-26(18,4)21(19)11-13-27(20,22)5/h6,14-15,19-23H,7-13H2,1-5H3,(H,28,30)(H,31,32)/t19-,20-,21-,22+,23?,26-,27-/m0/s1. The van der Waals surface area contributed by atoms with Gasteiger partial charge in [-0.1, -0.05) is 33.8 Å². The van der Waals surface area contributed by atoms with Crippen molar-refractivity contribution in [1.82, 2.24) is 5.32 Å². The van der Waals surface area contributed by atoms with Gasteiger partial charge in [0.25, 0.3) is 0 Å². The van der Waals surface area contributed by atoms with E-state index in [1.54, 1.807) is 6.92 Å². The Kier molecular flexibility index (Phi) is 5.92. The fraction of sp³-hybridized carbons (Fsp3) is 0.741. The quantitative estimate of drug-likeness (QED) is 0.634. The molecule has 5 heteroatoms. The van der Waals surface area contributed by atoms with Gasteiger partial charge in [-0.2, -0.15) is 0 Å². The van der Waals surface area contributed by atoms with E-state index >= 15 is 0 Å². The molecule has 4 aliphatic carbocycles. The lowest BCUT2D eigenvalue weighted by atomic mass is 9.48. The van der Waals surface area contributed by atoms with Crippen molar-refractivity contribution in [1.29, 1.82) is 0 Å². The van der Waals surface area contributed by atoms with Crippen molar-refractivity contribution >= 4 is 17.7 Å². The summed E-state index contributed by atoms with van der Waals surface area (Å²) in [6.45, 7) is 10.2. The second-order valence-electron chi connectivity index (χ2n) is 11.7. The average Bonchev–Trinajstić information content (AvgIpc) is 3.07. The van der Waals surface area contributed by atoms with Gasteiger partial charge >= 0.3 is 5.97 Å². The second kappa shape index (κ2) is 8.14. The largest absolute Gasteiger partial charge is 0.478 e. The van der Waals surface area contributed by atoms with Crippen molar-refractivity contribution in [3.8, 4) is 0 Å². The SMILES string of the molecule is CC(=O)C(NC(=O)[C@H]1CC[C@H]2[C@@H]3CC=C4C=C(C(=O)O)CC[C@]4(C)[C@H]3CC[C@]12C)C(C)C. The van der Waals surface area contributed by atoms with Gasteiger partial charge in [0.15, 0.2) is 5.78 Å². The molecule has 1 amide bonds. The Labute approximate surface area is 192 Å². The first-order valence-corrected chi connectivity index (χ1v) is 12.4. The van der Waals surface area contributed by atoms with Crippen LogP contribution in [0.15, 0.2) is 23.3 Å². The molecule has 0 aliphatic heterocycles. The van der Waals surface area contributed by atoms with E-state index in [0.29, 0.717) is 29.7 Å². The molecule has 4 rings (SSSR count). The number of carboxylic acid groups (broad SMARTS) is 1. The number of hydrogen-bond donors (Lipinski definition) is 2. The number of ketones is 1. The maximum atomic E-state index is 13.3. The second-order valence-corrected chi connectivity index (χ2v) is 11.7. The maximum absolute atomic E-state index is 13.3. The van der Waals surface area contributed by atoms with Crippen LogP contribution in [0, 0.1) is 40.4 Å².